The lowest BCUT2D eigenvalue weighted by Crippen LogP contribution is -2.33. The second-order valence-electron chi connectivity index (χ2n) is 6.12. The Morgan fingerprint density at radius 2 is 1.89 bits per heavy atom. The molecule has 3 amide bonds. The third-order valence-electron chi connectivity index (χ3n) is 4.22. The van der Waals surface area contributed by atoms with Gasteiger partial charge in [-0.3, -0.25) is 14.4 Å². The van der Waals surface area contributed by atoms with Crippen LogP contribution in [0.5, 0.6) is 0 Å². The fourth-order valence-corrected chi connectivity index (χ4v) is 3.44. The molecule has 2 aromatic rings. The van der Waals surface area contributed by atoms with Crippen LogP contribution in [0.4, 0.5) is 11.4 Å². The lowest BCUT2D eigenvalue weighted by atomic mass is 10.1. The Morgan fingerprint density at radius 3 is 2.59 bits per heavy atom. The maximum absolute atomic E-state index is 12.1. The third-order valence-corrected chi connectivity index (χ3v) is 4.77. The van der Waals surface area contributed by atoms with Gasteiger partial charge in [0, 0.05) is 29.9 Å². The molecule has 1 aliphatic heterocycles. The van der Waals surface area contributed by atoms with Crippen LogP contribution in [0, 0.1) is 0 Å². The van der Waals surface area contributed by atoms with E-state index in [9.17, 15) is 14.4 Å². The van der Waals surface area contributed by atoms with E-state index in [1.165, 1.54) is 19.1 Å². The molecule has 8 heteroatoms. The van der Waals surface area contributed by atoms with Crippen LogP contribution in [0.3, 0.4) is 0 Å². The van der Waals surface area contributed by atoms with Gasteiger partial charge in [-0.05, 0) is 48.4 Å². The molecule has 0 spiro atoms. The highest BCUT2D eigenvalue weighted by Gasteiger charge is 2.22. The van der Waals surface area contributed by atoms with Gasteiger partial charge in [0.15, 0.2) is 0 Å². The molecule has 0 saturated heterocycles. The average molecular weight is 406 g/mol. The first-order valence-electron chi connectivity index (χ1n) is 8.29. The molecule has 0 atom stereocenters. The van der Waals surface area contributed by atoms with E-state index in [-0.39, 0.29) is 28.9 Å². The summed E-state index contributed by atoms with van der Waals surface area (Å²) in [4.78, 5) is 37.5. The monoisotopic (exact) mass is 405 g/mol. The number of nitrogens with one attached hydrogen (secondary N) is 2. The van der Waals surface area contributed by atoms with Gasteiger partial charge in [-0.2, -0.15) is 0 Å². The predicted molar refractivity (Wildman–Crippen MR) is 106 cm³/mol. The van der Waals surface area contributed by atoms with E-state index in [1.807, 2.05) is 12.1 Å². The minimum atomic E-state index is -0.460. The minimum absolute atomic E-state index is 0.00546. The molecular weight excluding hydrogens is 389 g/mol. The molecule has 2 aromatic carbocycles. The standard InChI is InChI=1S/C19H17Cl2N3O3/c1-11(25)24-7-6-12-8-14(3-5-17(12)24)23-18(26)10-22-19(27)15-4-2-13(20)9-16(15)21/h2-5,8-9H,6-7,10H2,1H3,(H,22,27)(H,23,26). The number of nitrogens with zero attached hydrogens (tertiary/aromatic N) is 1. The summed E-state index contributed by atoms with van der Waals surface area (Å²) < 4.78 is 0. The van der Waals surface area contributed by atoms with Crippen LogP contribution in [-0.4, -0.2) is 30.8 Å². The lowest BCUT2D eigenvalue weighted by Gasteiger charge is -2.15. The molecule has 6 nitrogen and oxygen atoms in total. The van der Waals surface area contributed by atoms with Crippen molar-refractivity contribution in [2.24, 2.45) is 0 Å². The Balaban J connectivity index is 1.58. The van der Waals surface area contributed by atoms with Crippen molar-refractivity contribution < 1.29 is 14.4 Å². The zero-order chi connectivity index (χ0) is 19.6. The van der Waals surface area contributed by atoms with Crippen molar-refractivity contribution in [2.45, 2.75) is 13.3 Å². The number of carbonyl (C=O) groups is 3. The Kier molecular flexibility index (Phi) is 5.68. The fraction of sp³-hybridized carbons (Fsp3) is 0.211. The molecule has 0 radical (unpaired) electrons. The molecule has 0 fully saturated rings. The summed E-state index contributed by atoms with van der Waals surface area (Å²) in [5, 5.41) is 5.90. The number of halogens is 2. The number of benzene rings is 2. The Morgan fingerprint density at radius 1 is 1.11 bits per heavy atom. The smallest absolute Gasteiger partial charge is 0.253 e. The van der Waals surface area contributed by atoms with Crippen LogP contribution < -0.4 is 15.5 Å². The van der Waals surface area contributed by atoms with Crippen LogP contribution in [0.15, 0.2) is 36.4 Å². The topological polar surface area (TPSA) is 78.5 Å². The van der Waals surface area contributed by atoms with Gasteiger partial charge in [-0.15, -0.1) is 0 Å². The van der Waals surface area contributed by atoms with Crippen molar-refractivity contribution in [2.75, 3.05) is 23.3 Å². The lowest BCUT2D eigenvalue weighted by molar-refractivity contribution is -0.116. The van der Waals surface area contributed by atoms with E-state index in [2.05, 4.69) is 10.6 Å². The molecule has 140 valence electrons. The van der Waals surface area contributed by atoms with Crippen LogP contribution >= 0.6 is 23.2 Å². The van der Waals surface area contributed by atoms with Crippen molar-refractivity contribution in [3.63, 3.8) is 0 Å². The molecule has 0 bridgehead atoms. The van der Waals surface area contributed by atoms with Crippen LogP contribution in [0.1, 0.15) is 22.8 Å². The van der Waals surface area contributed by atoms with E-state index in [0.29, 0.717) is 17.3 Å². The molecular formula is C19H17Cl2N3O3. The molecule has 0 unspecified atom stereocenters. The highest BCUT2D eigenvalue weighted by Crippen LogP contribution is 2.30. The molecule has 1 aliphatic rings. The zero-order valence-corrected chi connectivity index (χ0v) is 16.0. The summed E-state index contributed by atoms with van der Waals surface area (Å²) in [5.74, 6) is -0.832. The molecule has 27 heavy (non-hydrogen) atoms. The largest absolute Gasteiger partial charge is 0.343 e. The summed E-state index contributed by atoms with van der Waals surface area (Å²) in [6.07, 6.45) is 0.741. The Labute approximate surface area is 166 Å². The summed E-state index contributed by atoms with van der Waals surface area (Å²) >= 11 is 11.8. The number of carbonyl (C=O) groups excluding carboxylic acids is 3. The molecule has 0 aromatic heterocycles. The zero-order valence-electron chi connectivity index (χ0n) is 14.5. The Bertz CT molecular complexity index is 930. The number of rotatable bonds is 4. The first-order chi connectivity index (χ1) is 12.8. The van der Waals surface area contributed by atoms with Gasteiger partial charge in [0.05, 0.1) is 17.1 Å². The highest BCUT2D eigenvalue weighted by molar-refractivity contribution is 6.36. The van der Waals surface area contributed by atoms with Crippen molar-refractivity contribution in [1.29, 1.82) is 0 Å². The van der Waals surface area contributed by atoms with Gasteiger partial charge in [-0.25, -0.2) is 0 Å². The van der Waals surface area contributed by atoms with E-state index in [1.54, 1.807) is 17.0 Å². The normalized spacial score (nSPS) is 12.5. The van der Waals surface area contributed by atoms with Crippen molar-refractivity contribution in [1.82, 2.24) is 5.32 Å². The van der Waals surface area contributed by atoms with Crippen molar-refractivity contribution in [3.8, 4) is 0 Å². The fourth-order valence-electron chi connectivity index (χ4n) is 2.94. The molecule has 2 N–H and O–H groups in total. The first-order valence-corrected chi connectivity index (χ1v) is 9.05. The highest BCUT2D eigenvalue weighted by atomic mass is 35.5. The average Bonchev–Trinajstić information content (AvgIpc) is 3.03. The number of amides is 3. The maximum atomic E-state index is 12.1. The molecule has 1 heterocycles. The maximum Gasteiger partial charge on any atom is 0.253 e. The van der Waals surface area contributed by atoms with Crippen LogP contribution in [0.2, 0.25) is 10.0 Å². The number of hydrogen-bond donors (Lipinski definition) is 2. The van der Waals surface area contributed by atoms with E-state index in [4.69, 9.17) is 23.2 Å². The van der Waals surface area contributed by atoms with E-state index >= 15 is 0 Å². The van der Waals surface area contributed by atoms with E-state index in [0.717, 1.165) is 17.7 Å². The number of fused-ring (bicyclic) bond motifs is 1. The minimum Gasteiger partial charge on any atom is -0.343 e. The van der Waals surface area contributed by atoms with Gasteiger partial charge in [-0.1, -0.05) is 23.2 Å². The SMILES string of the molecule is CC(=O)N1CCc2cc(NC(=O)CNC(=O)c3ccc(Cl)cc3Cl)ccc21. The molecule has 0 saturated carbocycles. The van der Waals surface area contributed by atoms with Gasteiger partial charge in [0.2, 0.25) is 11.8 Å². The molecule has 0 aliphatic carbocycles. The van der Waals surface area contributed by atoms with Gasteiger partial charge < -0.3 is 15.5 Å². The second-order valence-corrected chi connectivity index (χ2v) is 6.96. The quantitative estimate of drug-likeness (QED) is 0.818. The third kappa shape index (κ3) is 4.40. The van der Waals surface area contributed by atoms with Crippen LogP contribution in [0.25, 0.3) is 0 Å². The first kappa shape index (κ1) is 19.2. The Hall–Kier alpha value is -2.57. The summed E-state index contributed by atoms with van der Waals surface area (Å²) in [5.41, 5.74) is 2.73. The van der Waals surface area contributed by atoms with Crippen LogP contribution in [-0.2, 0) is 16.0 Å². The predicted octanol–water partition coefficient (Wildman–Crippen LogP) is 3.27. The second kappa shape index (κ2) is 7.98. The van der Waals surface area contributed by atoms with Gasteiger partial charge in [0.25, 0.3) is 5.91 Å². The molecule has 3 rings (SSSR count). The van der Waals surface area contributed by atoms with Gasteiger partial charge in [0.1, 0.15) is 0 Å². The summed E-state index contributed by atoms with van der Waals surface area (Å²) in [6.45, 7) is 1.97. The van der Waals surface area contributed by atoms with Crippen molar-refractivity contribution >= 4 is 52.3 Å². The van der Waals surface area contributed by atoms with E-state index < -0.39 is 5.91 Å². The van der Waals surface area contributed by atoms with Gasteiger partial charge >= 0.3 is 0 Å². The van der Waals surface area contributed by atoms with Crippen molar-refractivity contribution in [3.05, 3.63) is 57.6 Å². The number of anilines is 2. The summed E-state index contributed by atoms with van der Waals surface area (Å²) in [7, 11) is 0. The number of hydrogen-bond acceptors (Lipinski definition) is 3. The summed E-state index contributed by atoms with van der Waals surface area (Å²) in [6, 6.07) is 9.90.